The number of aromatic nitrogens is 2. The summed E-state index contributed by atoms with van der Waals surface area (Å²) in [6, 6.07) is 5.31. The minimum atomic E-state index is -0.759. The quantitative estimate of drug-likeness (QED) is 0.237. The zero-order valence-electron chi connectivity index (χ0n) is 23.8. The number of carbonyl (C=O) groups is 5. The lowest BCUT2D eigenvalue weighted by molar-refractivity contribution is -0.160. The Morgan fingerprint density at radius 1 is 1.02 bits per heavy atom. The van der Waals surface area contributed by atoms with Crippen molar-refractivity contribution in [3.63, 3.8) is 0 Å². The van der Waals surface area contributed by atoms with Crippen LogP contribution in [0.15, 0.2) is 65.8 Å². The second-order valence-electron chi connectivity index (χ2n) is 10.5. The van der Waals surface area contributed by atoms with Crippen LogP contribution in [0.2, 0.25) is 0 Å². The van der Waals surface area contributed by atoms with E-state index in [1.807, 2.05) is 0 Å². The molecule has 2 aromatic heterocycles. The number of nitrogens with zero attached hydrogens (tertiary/aromatic N) is 1. The van der Waals surface area contributed by atoms with Crippen molar-refractivity contribution < 1.29 is 52.8 Å². The van der Waals surface area contributed by atoms with Crippen molar-refractivity contribution in [3.05, 3.63) is 71.3 Å². The van der Waals surface area contributed by atoms with Crippen LogP contribution in [0.5, 0.6) is 17.4 Å². The lowest BCUT2D eigenvalue weighted by Gasteiger charge is -2.30. The summed E-state index contributed by atoms with van der Waals surface area (Å²) in [4.78, 5) is 76.1. The van der Waals surface area contributed by atoms with E-state index in [2.05, 4.69) is 23.1 Å². The zero-order chi connectivity index (χ0) is 32.1. The van der Waals surface area contributed by atoms with Gasteiger partial charge in [-0.05, 0) is 32.4 Å². The molecule has 6 unspecified atom stereocenters. The lowest BCUT2D eigenvalue weighted by Crippen LogP contribution is -2.44. The van der Waals surface area contributed by atoms with Gasteiger partial charge in [-0.2, -0.15) is 0 Å². The number of aromatic amines is 1. The maximum absolute atomic E-state index is 12.7. The fourth-order valence-electron chi connectivity index (χ4n) is 5.29. The molecule has 3 heterocycles. The van der Waals surface area contributed by atoms with Crippen molar-refractivity contribution >= 4 is 29.8 Å². The van der Waals surface area contributed by atoms with E-state index in [0.29, 0.717) is 6.42 Å². The van der Waals surface area contributed by atoms with Crippen molar-refractivity contribution in [2.45, 2.75) is 38.9 Å². The molecule has 2 aliphatic carbocycles. The highest BCUT2D eigenvalue weighted by molar-refractivity contribution is 5.89. The molecular weight excluding hydrogens is 580 g/mol. The molecule has 5 rings (SSSR count). The molecule has 0 radical (unpaired) electrons. The molecule has 0 spiro atoms. The summed E-state index contributed by atoms with van der Waals surface area (Å²) in [7, 11) is 0. The first-order valence-electron chi connectivity index (χ1n) is 13.5. The van der Waals surface area contributed by atoms with Crippen LogP contribution >= 0.6 is 0 Å². The van der Waals surface area contributed by atoms with Gasteiger partial charge in [0.05, 0.1) is 24.5 Å². The largest absolute Gasteiger partial charge is 0.506 e. The summed E-state index contributed by atoms with van der Waals surface area (Å²) in [6.45, 7) is 9.92. The third kappa shape index (κ3) is 7.19. The van der Waals surface area contributed by atoms with Gasteiger partial charge >= 0.3 is 29.8 Å². The smallest absolute Gasteiger partial charge is 0.333 e. The Morgan fingerprint density at radius 2 is 1.75 bits per heavy atom. The molecule has 1 saturated heterocycles. The van der Waals surface area contributed by atoms with Crippen molar-refractivity contribution in [2.75, 3.05) is 6.61 Å². The molecule has 232 valence electrons. The number of aromatic hydroxyl groups is 1. The van der Waals surface area contributed by atoms with Crippen LogP contribution in [-0.2, 0) is 38.2 Å². The second-order valence-corrected chi connectivity index (χ2v) is 10.5. The van der Waals surface area contributed by atoms with Crippen molar-refractivity contribution in [3.8, 4) is 17.4 Å². The fraction of sp³-hybridized carbons (Fsp3) is 0.367. The molecule has 2 saturated carbocycles. The predicted molar refractivity (Wildman–Crippen MR) is 148 cm³/mol. The van der Waals surface area contributed by atoms with Gasteiger partial charge in [-0.15, -0.1) is 0 Å². The first kappa shape index (κ1) is 31.7. The van der Waals surface area contributed by atoms with Gasteiger partial charge in [0.25, 0.3) is 0 Å². The van der Waals surface area contributed by atoms with E-state index in [9.17, 15) is 33.9 Å². The van der Waals surface area contributed by atoms with Crippen molar-refractivity contribution in [1.82, 2.24) is 9.97 Å². The maximum atomic E-state index is 12.7. The fourth-order valence-corrected chi connectivity index (χ4v) is 5.29. The van der Waals surface area contributed by atoms with Crippen LogP contribution < -0.4 is 15.0 Å². The second kappa shape index (κ2) is 13.4. The molecule has 3 aliphatic rings. The van der Waals surface area contributed by atoms with Crippen molar-refractivity contribution in [1.29, 1.82) is 0 Å². The Balaban J connectivity index is 0.000000217. The van der Waals surface area contributed by atoms with Gasteiger partial charge in [0.15, 0.2) is 0 Å². The predicted octanol–water partition coefficient (Wildman–Crippen LogP) is 1.78. The molecule has 0 amide bonds. The van der Waals surface area contributed by atoms with Gasteiger partial charge in [-0.3, -0.25) is 19.2 Å². The molecule has 14 nitrogen and oxygen atoms in total. The van der Waals surface area contributed by atoms with Crippen molar-refractivity contribution in [2.24, 2.45) is 23.7 Å². The number of ether oxygens (including phenoxy) is 5. The van der Waals surface area contributed by atoms with Gasteiger partial charge in [0.1, 0.15) is 30.3 Å². The Hall–Kier alpha value is -5.27. The summed E-state index contributed by atoms with van der Waals surface area (Å²) >= 11 is 0. The lowest BCUT2D eigenvalue weighted by atomic mass is 9.78. The number of hydrogen-bond donors (Lipinski definition) is 2. The molecule has 14 heteroatoms. The maximum Gasteiger partial charge on any atom is 0.333 e. The van der Waals surface area contributed by atoms with E-state index in [0.717, 1.165) is 6.20 Å². The topological polar surface area (TPSA) is 197 Å². The van der Waals surface area contributed by atoms with Crippen LogP contribution in [0.4, 0.5) is 0 Å². The Kier molecular flexibility index (Phi) is 9.61. The highest BCUT2D eigenvalue weighted by Crippen LogP contribution is 2.59. The third-order valence-corrected chi connectivity index (χ3v) is 7.21. The van der Waals surface area contributed by atoms with E-state index < -0.39 is 53.9 Å². The standard InChI is InChI=1S/C18H17NO7.C12H13NO5/c1-7(2)16(21)25-14-9-5-10-13(18(23)26-15(10)14)12(9)17(22)24-11-4-3-8(20)6-19-11;1-8(2)12(16)17-6-5-11(15)18-9-3-4-10(14)13-7-9/h3-4,6,9-10,12-15,20H,1,5H2,2H3;3-4,7H,1,5-6H2,2H3,(H,13,14). The van der Waals surface area contributed by atoms with E-state index in [1.165, 1.54) is 44.3 Å². The number of hydrogen-bond acceptors (Lipinski definition) is 13. The average Bonchev–Trinajstić information content (AvgIpc) is 3.60. The number of rotatable bonds is 9. The van der Waals surface area contributed by atoms with E-state index >= 15 is 0 Å². The van der Waals surface area contributed by atoms with Crippen LogP contribution in [0, 0.1) is 23.7 Å². The van der Waals surface area contributed by atoms with Crippen LogP contribution in [0.25, 0.3) is 0 Å². The monoisotopic (exact) mass is 610 g/mol. The summed E-state index contributed by atoms with van der Waals surface area (Å²) in [5, 5.41) is 9.25. The van der Waals surface area contributed by atoms with Gasteiger partial charge in [-0.1, -0.05) is 13.2 Å². The van der Waals surface area contributed by atoms with Gasteiger partial charge in [0.2, 0.25) is 11.4 Å². The molecule has 0 aromatic carbocycles. The molecule has 2 N–H and O–H groups in total. The van der Waals surface area contributed by atoms with Crippen LogP contribution in [0.1, 0.15) is 26.7 Å². The molecular formula is C30H30N2O12. The Labute approximate surface area is 250 Å². The van der Waals surface area contributed by atoms with E-state index in [4.69, 9.17) is 23.7 Å². The first-order chi connectivity index (χ1) is 20.8. The van der Waals surface area contributed by atoms with Crippen LogP contribution in [-0.4, -0.2) is 63.7 Å². The number of H-pyrrole nitrogens is 1. The molecule has 1 aliphatic heterocycles. The number of esters is 5. The molecule has 2 aromatic rings. The third-order valence-electron chi connectivity index (χ3n) is 7.21. The highest BCUT2D eigenvalue weighted by Gasteiger charge is 2.70. The summed E-state index contributed by atoms with van der Waals surface area (Å²) in [5.41, 5.74) is 0.218. The average molecular weight is 611 g/mol. The van der Waals surface area contributed by atoms with Gasteiger partial charge in [0, 0.05) is 41.3 Å². The number of fused-ring (bicyclic) bond motifs is 1. The summed E-state index contributed by atoms with van der Waals surface area (Å²) < 4.78 is 25.7. The number of carbonyl (C=O) groups excluding carboxylic acids is 5. The Bertz CT molecular complexity index is 1530. The van der Waals surface area contributed by atoms with E-state index in [-0.39, 0.29) is 58.9 Å². The molecule has 3 fully saturated rings. The minimum absolute atomic E-state index is 0.0222. The molecule has 6 atom stereocenters. The molecule has 2 bridgehead atoms. The normalized spacial score (nSPS) is 23.8. The summed E-state index contributed by atoms with van der Waals surface area (Å²) in [5.74, 6) is -4.43. The van der Waals surface area contributed by atoms with Crippen LogP contribution in [0.3, 0.4) is 0 Å². The minimum Gasteiger partial charge on any atom is -0.506 e. The van der Waals surface area contributed by atoms with Gasteiger partial charge in [-0.25, -0.2) is 14.6 Å². The Morgan fingerprint density at radius 3 is 2.36 bits per heavy atom. The molecule has 44 heavy (non-hydrogen) atoms. The van der Waals surface area contributed by atoms with Gasteiger partial charge < -0.3 is 33.8 Å². The first-order valence-corrected chi connectivity index (χ1v) is 13.5. The zero-order valence-corrected chi connectivity index (χ0v) is 23.8. The number of nitrogens with one attached hydrogen (secondary N) is 1. The number of pyridine rings is 2. The SMILES string of the molecule is C=C(C)C(=O)OC1C2CC3C1OC(=O)C3C2C(=O)Oc1ccc(O)cn1.C=C(C)C(=O)OCCC(=O)Oc1ccc(=O)[nH]c1. The van der Waals surface area contributed by atoms with E-state index in [1.54, 1.807) is 0 Å². The summed E-state index contributed by atoms with van der Waals surface area (Å²) in [6.07, 6.45) is 1.71. The highest BCUT2D eigenvalue weighted by atomic mass is 16.6.